The molecule has 1 heterocycles. The van der Waals surface area contributed by atoms with Crippen LogP contribution in [0, 0.1) is 5.92 Å². The van der Waals surface area contributed by atoms with E-state index < -0.39 is 0 Å². The lowest BCUT2D eigenvalue weighted by atomic mass is 9.96. The van der Waals surface area contributed by atoms with Crippen LogP contribution in [-0.4, -0.2) is 25.0 Å². The van der Waals surface area contributed by atoms with Crippen molar-refractivity contribution in [1.82, 2.24) is 4.90 Å². The summed E-state index contributed by atoms with van der Waals surface area (Å²) in [4.78, 5) is 2.49. The summed E-state index contributed by atoms with van der Waals surface area (Å²) in [6.07, 6.45) is 8.60. The van der Waals surface area contributed by atoms with Crippen molar-refractivity contribution >= 4 is 0 Å². The maximum absolute atomic E-state index is 2.49. The normalized spacial score (nSPS) is 29.0. The summed E-state index contributed by atoms with van der Waals surface area (Å²) >= 11 is 0. The zero-order valence-electron chi connectivity index (χ0n) is 8.68. The first-order valence-corrected chi connectivity index (χ1v) is 5.51. The van der Waals surface area contributed by atoms with E-state index in [9.17, 15) is 0 Å². The third kappa shape index (κ3) is 3.57. The van der Waals surface area contributed by atoms with Gasteiger partial charge >= 0.3 is 0 Å². The van der Waals surface area contributed by atoms with Crippen molar-refractivity contribution < 1.29 is 0 Å². The fourth-order valence-corrected chi connectivity index (χ4v) is 2.06. The van der Waals surface area contributed by atoms with Gasteiger partial charge in [-0.3, -0.25) is 0 Å². The molecule has 12 heavy (non-hydrogen) atoms. The molecule has 0 amide bonds. The second-order valence-electron chi connectivity index (χ2n) is 4.22. The SMILES string of the molecule is CCC1CCCCCN(C)CC1. The second-order valence-corrected chi connectivity index (χ2v) is 4.22. The minimum atomic E-state index is 1.01. The minimum Gasteiger partial charge on any atom is -0.306 e. The van der Waals surface area contributed by atoms with Crippen molar-refractivity contribution in [2.24, 2.45) is 5.92 Å². The van der Waals surface area contributed by atoms with Crippen LogP contribution in [0.15, 0.2) is 0 Å². The fraction of sp³-hybridized carbons (Fsp3) is 1.00. The van der Waals surface area contributed by atoms with Crippen molar-refractivity contribution in [2.45, 2.75) is 45.4 Å². The van der Waals surface area contributed by atoms with Gasteiger partial charge in [0.05, 0.1) is 0 Å². The molecule has 1 aliphatic rings. The molecule has 1 rings (SSSR count). The van der Waals surface area contributed by atoms with Crippen molar-refractivity contribution in [3.8, 4) is 0 Å². The van der Waals surface area contributed by atoms with Crippen LogP contribution < -0.4 is 0 Å². The van der Waals surface area contributed by atoms with Crippen LogP contribution in [0.3, 0.4) is 0 Å². The van der Waals surface area contributed by atoms with Crippen LogP contribution in [0.2, 0.25) is 0 Å². The third-order valence-corrected chi connectivity index (χ3v) is 3.15. The molecular formula is C11H23N. The Kier molecular flexibility index (Phi) is 4.67. The predicted molar refractivity (Wildman–Crippen MR) is 54.4 cm³/mol. The molecule has 72 valence electrons. The van der Waals surface area contributed by atoms with Gasteiger partial charge in [0, 0.05) is 0 Å². The van der Waals surface area contributed by atoms with Crippen molar-refractivity contribution in [3.63, 3.8) is 0 Å². The van der Waals surface area contributed by atoms with Crippen LogP contribution in [0.4, 0.5) is 0 Å². The topological polar surface area (TPSA) is 3.24 Å². The molecule has 0 spiro atoms. The summed E-state index contributed by atoms with van der Waals surface area (Å²) in [5, 5.41) is 0. The van der Waals surface area contributed by atoms with E-state index in [1.165, 1.54) is 51.6 Å². The van der Waals surface area contributed by atoms with Gasteiger partial charge in [0.15, 0.2) is 0 Å². The first kappa shape index (κ1) is 10.0. The highest BCUT2D eigenvalue weighted by molar-refractivity contribution is 4.64. The summed E-state index contributed by atoms with van der Waals surface area (Å²) in [5.74, 6) is 1.01. The van der Waals surface area contributed by atoms with E-state index in [0.717, 1.165) is 5.92 Å². The maximum atomic E-state index is 2.49. The van der Waals surface area contributed by atoms with Crippen LogP contribution in [0.1, 0.15) is 45.4 Å². The lowest BCUT2D eigenvalue weighted by Gasteiger charge is -2.17. The zero-order valence-corrected chi connectivity index (χ0v) is 8.68. The summed E-state index contributed by atoms with van der Waals surface area (Å²) in [6.45, 7) is 4.97. The summed E-state index contributed by atoms with van der Waals surface area (Å²) in [5.41, 5.74) is 0. The molecule has 0 aromatic rings. The molecule has 0 bridgehead atoms. The van der Waals surface area contributed by atoms with Crippen molar-refractivity contribution in [1.29, 1.82) is 0 Å². The summed E-state index contributed by atoms with van der Waals surface area (Å²) < 4.78 is 0. The van der Waals surface area contributed by atoms with Gasteiger partial charge in [-0.1, -0.05) is 32.6 Å². The number of rotatable bonds is 1. The Balaban J connectivity index is 2.29. The Morgan fingerprint density at radius 3 is 2.67 bits per heavy atom. The summed E-state index contributed by atoms with van der Waals surface area (Å²) in [6, 6.07) is 0. The highest BCUT2D eigenvalue weighted by Gasteiger charge is 2.09. The largest absolute Gasteiger partial charge is 0.306 e. The molecule has 0 radical (unpaired) electrons. The van der Waals surface area contributed by atoms with E-state index in [2.05, 4.69) is 18.9 Å². The molecule has 0 aromatic carbocycles. The van der Waals surface area contributed by atoms with Crippen LogP contribution in [0.25, 0.3) is 0 Å². The zero-order chi connectivity index (χ0) is 8.81. The molecule has 1 unspecified atom stereocenters. The molecule has 1 heteroatoms. The molecule has 1 nitrogen and oxygen atoms in total. The van der Waals surface area contributed by atoms with Gasteiger partial charge in [-0.2, -0.15) is 0 Å². The summed E-state index contributed by atoms with van der Waals surface area (Å²) in [7, 11) is 2.26. The maximum Gasteiger partial charge on any atom is -0.00191 e. The van der Waals surface area contributed by atoms with E-state index in [4.69, 9.17) is 0 Å². The van der Waals surface area contributed by atoms with Gasteiger partial charge in [-0.05, 0) is 38.9 Å². The van der Waals surface area contributed by atoms with E-state index in [0.29, 0.717) is 0 Å². The Labute approximate surface area is 77.1 Å². The van der Waals surface area contributed by atoms with Crippen LogP contribution in [-0.2, 0) is 0 Å². The van der Waals surface area contributed by atoms with Gasteiger partial charge in [0.2, 0.25) is 0 Å². The number of hydrogen-bond acceptors (Lipinski definition) is 1. The molecule has 0 saturated carbocycles. The standard InChI is InChI=1S/C11H23N/c1-3-11-7-5-4-6-9-12(2)10-8-11/h11H,3-10H2,1-2H3. The molecular weight excluding hydrogens is 146 g/mol. The Morgan fingerprint density at radius 2 is 1.92 bits per heavy atom. The second kappa shape index (κ2) is 5.58. The van der Waals surface area contributed by atoms with E-state index in [1.807, 2.05) is 0 Å². The third-order valence-electron chi connectivity index (χ3n) is 3.15. The number of hydrogen-bond donors (Lipinski definition) is 0. The van der Waals surface area contributed by atoms with E-state index >= 15 is 0 Å². The molecule has 0 aliphatic carbocycles. The van der Waals surface area contributed by atoms with E-state index in [-0.39, 0.29) is 0 Å². The first-order chi connectivity index (χ1) is 5.83. The minimum absolute atomic E-state index is 1.01. The Morgan fingerprint density at radius 1 is 1.08 bits per heavy atom. The molecule has 1 saturated heterocycles. The predicted octanol–water partition coefficient (Wildman–Crippen LogP) is 2.91. The molecule has 0 aromatic heterocycles. The van der Waals surface area contributed by atoms with Gasteiger partial charge in [0.1, 0.15) is 0 Å². The van der Waals surface area contributed by atoms with Gasteiger partial charge in [0.25, 0.3) is 0 Å². The number of nitrogens with zero attached hydrogens (tertiary/aromatic N) is 1. The average Bonchev–Trinajstić information content (AvgIpc) is 2.17. The monoisotopic (exact) mass is 169 g/mol. The van der Waals surface area contributed by atoms with Gasteiger partial charge in [-0.25, -0.2) is 0 Å². The highest BCUT2D eigenvalue weighted by Crippen LogP contribution is 2.19. The van der Waals surface area contributed by atoms with Crippen molar-refractivity contribution in [2.75, 3.05) is 20.1 Å². The van der Waals surface area contributed by atoms with Crippen LogP contribution in [0.5, 0.6) is 0 Å². The highest BCUT2D eigenvalue weighted by atomic mass is 15.1. The fourth-order valence-electron chi connectivity index (χ4n) is 2.06. The Hall–Kier alpha value is -0.0400. The quantitative estimate of drug-likeness (QED) is 0.583. The molecule has 1 fully saturated rings. The average molecular weight is 169 g/mol. The molecule has 1 atom stereocenters. The smallest absolute Gasteiger partial charge is 0.00191 e. The molecule has 1 aliphatic heterocycles. The lowest BCUT2D eigenvalue weighted by molar-refractivity contribution is 0.302. The molecule has 0 N–H and O–H groups in total. The Bertz CT molecular complexity index is 112. The van der Waals surface area contributed by atoms with Gasteiger partial charge in [-0.15, -0.1) is 0 Å². The van der Waals surface area contributed by atoms with Gasteiger partial charge < -0.3 is 4.90 Å². The van der Waals surface area contributed by atoms with E-state index in [1.54, 1.807) is 0 Å². The van der Waals surface area contributed by atoms with Crippen LogP contribution >= 0.6 is 0 Å². The lowest BCUT2D eigenvalue weighted by Crippen LogP contribution is -2.21. The van der Waals surface area contributed by atoms with Crippen molar-refractivity contribution in [3.05, 3.63) is 0 Å². The first-order valence-electron chi connectivity index (χ1n) is 5.51.